The molecule has 0 aliphatic heterocycles. The van der Waals surface area contributed by atoms with E-state index in [0.717, 1.165) is 28.9 Å². The molecule has 0 saturated carbocycles. The first-order chi connectivity index (χ1) is 14.8. The van der Waals surface area contributed by atoms with Crippen LogP contribution in [0.25, 0.3) is 10.3 Å². The second kappa shape index (κ2) is 8.34. The lowest BCUT2D eigenvalue weighted by atomic mass is 10.1. The van der Waals surface area contributed by atoms with Gasteiger partial charge in [0, 0.05) is 12.6 Å². The van der Waals surface area contributed by atoms with E-state index in [1.807, 2.05) is 0 Å². The van der Waals surface area contributed by atoms with E-state index in [1.165, 1.54) is 18.4 Å². The summed E-state index contributed by atoms with van der Waals surface area (Å²) in [6.07, 6.45) is 0.310. The number of thiazole rings is 1. The fourth-order valence-corrected chi connectivity index (χ4v) is 3.63. The first kappa shape index (κ1) is 20.8. The van der Waals surface area contributed by atoms with Gasteiger partial charge < -0.3 is 15.2 Å². The van der Waals surface area contributed by atoms with Crippen LogP contribution >= 0.6 is 11.3 Å². The van der Waals surface area contributed by atoms with E-state index in [1.54, 1.807) is 24.4 Å². The number of fused-ring (bicyclic) bond motifs is 1. The SMILES string of the molecule is COc1cc(CCc2ncc3nc(N)sc3n2)ccc1Oc1cnccc1C(F)(F)F. The van der Waals surface area contributed by atoms with Crippen LogP contribution < -0.4 is 15.2 Å². The summed E-state index contributed by atoms with van der Waals surface area (Å²) in [5, 5.41) is 0.434. The molecule has 31 heavy (non-hydrogen) atoms. The number of anilines is 1. The summed E-state index contributed by atoms with van der Waals surface area (Å²) in [5.41, 5.74) is 6.32. The summed E-state index contributed by atoms with van der Waals surface area (Å²) < 4.78 is 50.4. The number of methoxy groups -OCH3 is 1. The van der Waals surface area contributed by atoms with Crippen LogP contribution in [0.15, 0.2) is 42.9 Å². The molecule has 0 saturated heterocycles. The quantitative estimate of drug-likeness (QED) is 0.459. The Kier molecular flexibility index (Phi) is 5.59. The monoisotopic (exact) mass is 447 g/mol. The van der Waals surface area contributed by atoms with Crippen LogP contribution in [0.2, 0.25) is 0 Å². The van der Waals surface area contributed by atoms with Crippen LogP contribution in [-0.2, 0) is 19.0 Å². The highest BCUT2D eigenvalue weighted by Gasteiger charge is 2.34. The average Bonchev–Trinajstić information content (AvgIpc) is 3.12. The second-order valence-corrected chi connectivity index (χ2v) is 7.49. The Hall–Kier alpha value is -3.47. The van der Waals surface area contributed by atoms with Gasteiger partial charge in [-0.05, 0) is 30.2 Å². The Labute approximate surface area is 178 Å². The van der Waals surface area contributed by atoms with E-state index in [-0.39, 0.29) is 5.75 Å². The number of nitrogen functional groups attached to an aromatic ring is 1. The Morgan fingerprint density at radius 1 is 1.03 bits per heavy atom. The zero-order valence-electron chi connectivity index (χ0n) is 16.2. The maximum atomic E-state index is 13.2. The van der Waals surface area contributed by atoms with Gasteiger partial charge >= 0.3 is 6.18 Å². The van der Waals surface area contributed by atoms with Crippen LogP contribution in [0.5, 0.6) is 17.2 Å². The number of pyridine rings is 1. The largest absolute Gasteiger partial charge is 0.493 e. The molecule has 0 aliphatic carbocycles. The molecule has 0 radical (unpaired) electrons. The molecule has 0 fully saturated rings. The summed E-state index contributed by atoms with van der Waals surface area (Å²) in [7, 11) is 1.42. The van der Waals surface area contributed by atoms with Crippen molar-refractivity contribution >= 4 is 26.8 Å². The van der Waals surface area contributed by atoms with Crippen molar-refractivity contribution in [1.82, 2.24) is 19.9 Å². The van der Waals surface area contributed by atoms with Crippen molar-refractivity contribution in [2.24, 2.45) is 0 Å². The van der Waals surface area contributed by atoms with Crippen molar-refractivity contribution in [1.29, 1.82) is 0 Å². The van der Waals surface area contributed by atoms with Crippen LogP contribution in [0, 0.1) is 0 Å². The minimum atomic E-state index is -4.56. The molecule has 0 atom stereocenters. The summed E-state index contributed by atoms with van der Waals surface area (Å²) in [6.45, 7) is 0. The Bertz CT molecular complexity index is 1230. The molecule has 7 nitrogen and oxygen atoms in total. The normalized spacial score (nSPS) is 11.6. The van der Waals surface area contributed by atoms with Crippen molar-refractivity contribution in [2.45, 2.75) is 19.0 Å². The van der Waals surface area contributed by atoms with Gasteiger partial charge in [0.15, 0.2) is 22.4 Å². The van der Waals surface area contributed by atoms with E-state index < -0.39 is 17.5 Å². The third-order valence-corrected chi connectivity index (χ3v) is 5.19. The molecule has 1 aromatic carbocycles. The first-order valence-corrected chi connectivity index (χ1v) is 9.89. The predicted molar refractivity (Wildman–Crippen MR) is 109 cm³/mol. The highest BCUT2D eigenvalue weighted by molar-refractivity contribution is 7.21. The third-order valence-electron chi connectivity index (χ3n) is 4.39. The Morgan fingerprint density at radius 3 is 2.65 bits per heavy atom. The molecule has 4 rings (SSSR count). The number of ether oxygens (including phenoxy) is 2. The fourth-order valence-electron chi connectivity index (χ4n) is 2.93. The van der Waals surface area contributed by atoms with Gasteiger partial charge in [-0.25, -0.2) is 15.0 Å². The minimum absolute atomic E-state index is 0.155. The molecule has 3 heterocycles. The number of rotatable bonds is 6. The Balaban J connectivity index is 1.51. The van der Waals surface area contributed by atoms with Crippen molar-refractivity contribution in [3.8, 4) is 17.2 Å². The predicted octanol–water partition coefficient (Wildman–Crippen LogP) is 4.67. The van der Waals surface area contributed by atoms with Crippen LogP contribution in [0.1, 0.15) is 17.0 Å². The molecule has 0 amide bonds. The molecular weight excluding hydrogens is 431 g/mol. The van der Waals surface area contributed by atoms with Gasteiger partial charge in [-0.1, -0.05) is 17.4 Å². The topological polar surface area (TPSA) is 96.0 Å². The van der Waals surface area contributed by atoms with Crippen LogP contribution in [0.3, 0.4) is 0 Å². The van der Waals surface area contributed by atoms with E-state index in [2.05, 4.69) is 19.9 Å². The molecule has 2 N–H and O–H groups in total. The standard InChI is InChI=1S/C20H16F3N5O2S/c1-29-15-8-11(3-5-17-26-9-13-18(28-17)31-19(24)27-13)2-4-14(15)30-16-10-25-7-6-12(16)20(21,22)23/h2,4,6-10H,3,5H2,1H3,(H2,24,27). The van der Waals surface area contributed by atoms with Gasteiger partial charge in [0.1, 0.15) is 21.7 Å². The van der Waals surface area contributed by atoms with Gasteiger partial charge in [0.05, 0.1) is 19.5 Å². The average molecular weight is 447 g/mol. The van der Waals surface area contributed by atoms with Crippen molar-refractivity contribution in [3.63, 3.8) is 0 Å². The number of alkyl halides is 3. The molecule has 0 spiro atoms. The van der Waals surface area contributed by atoms with Crippen molar-refractivity contribution < 1.29 is 22.6 Å². The zero-order chi connectivity index (χ0) is 22.0. The molecule has 4 aromatic rings. The first-order valence-electron chi connectivity index (χ1n) is 9.07. The van der Waals surface area contributed by atoms with Crippen molar-refractivity contribution in [3.05, 3.63) is 59.8 Å². The van der Waals surface area contributed by atoms with E-state index >= 15 is 0 Å². The van der Waals surface area contributed by atoms with Crippen LogP contribution in [0.4, 0.5) is 18.3 Å². The number of benzene rings is 1. The zero-order valence-corrected chi connectivity index (χ0v) is 17.0. The maximum absolute atomic E-state index is 13.2. The number of hydrogen-bond acceptors (Lipinski definition) is 8. The molecule has 3 aromatic heterocycles. The summed E-state index contributed by atoms with van der Waals surface area (Å²) in [5.74, 6) is 0.704. The molecule has 0 aliphatic rings. The third kappa shape index (κ3) is 4.66. The number of hydrogen-bond donors (Lipinski definition) is 1. The highest BCUT2D eigenvalue weighted by atomic mass is 32.1. The van der Waals surface area contributed by atoms with Gasteiger partial charge in [0.2, 0.25) is 0 Å². The lowest BCUT2D eigenvalue weighted by molar-refractivity contribution is -0.138. The Morgan fingerprint density at radius 2 is 1.87 bits per heavy atom. The number of aryl methyl sites for hydroxylation is 2. The second-order valence-electron chi connectivity index (χ2n) is 6.49. The summed E-state index contributed by atoms with van der Waals surface area (Å²) in [4.78, 5) is 17.3. The van der Waals surface area contributed by atoms with E-state index in [9.17, 15) is 13.2 Å². The lowest BCUT2D eigenvalue weighted by Crippen LogP contribution is -2.07. The summed E-state index contributed by atoms with van der Waals surface area (Å²) in [6, 6.07) is 5.89. The summed E-state index contributed by atoms with van der Waals surface area (Å²) >= 11 is 1.29. The fraction of sp³-hybridized carbons (Fsp3) is 0.200. The van der Waals surface area contributed by atoms with E-state index in [4.69, 9.17) is 15.2 Å². The van der Waals surface area contributed by atoms with E-state index in [0.29, 0.717) is 35.1 Å². The highest BCUT2D eigenvalue weighted by Crippen LogP contribution is 2.40. The molecule has 160 valence electrons. The van der Waals surface area contributed by atoms with Gasteiger partial charge in [-0.2, -0.15) is 13.2 Å². The van der Waals surface area contributed by atoms with Gasteiger partial charge in [0.25, 0.3) is 0 Å². The molecule has 0 unspecified atom stereocenters. The number of halogens is 3. The molecule has 11 heteroatoms. The number of nitrogens with zero attached hydrogens (tertiary/aromatic N) is 4. The van der Waals surface area contributed by atoms with Gasteiger partial charge in [-0.15, -0.1) is 0 Å². The van der Waals surface area contributed by atoms with Crippen molar-refractivity contribution in [2.75, 3.05) is 12.8 Å². The number of aromatic nitrogens is 4. The maximum Gasteiger partial charge on any atom is 0.420 e. The smallest absolute Gasteiger partial charge is 0.420 e. The molecule has 0 bridgehead atoms. The lowest BCUT2D eigenvalue weighted by Gasteiger charge is -2.15. The number of nitrogens with two attached hydrogens (primary N) is 1. The minimum Gasteiger partial charge on any atom is -0.493 e. The van der Waals surface area contributed by atoms with Crippen LogP contribution in [-0.4, -0.2) is 27.0 Å². The van der Waals surface area contributed by atoms with Gasteiger partial charge in [-0.3, -0.25) is 4.98 Å². The molecular formula is C20H16F3N5O2S.